The number of benzene rings is 1. The van der Waals surface area contributed by atoms with Gasteiger partial charge in [0.1, 0.15) is 0 Å². The number of rotatable bonds is 3. The van der Waals surface area contributed by atoms with Gasteiger partial charge in [-0.25, -0.2) is 4.39 Å². The Morgan fingerprint density at radius 2 is 2.20 bits per heavy atom. The molecule has 80 valence electrons. The SMILES string of the molecule is NC(=S)NC(=O)COc1ccccc1F. The summed E-state index contributed by atoms with van der Waals surface area (Å²) in [5.41, 5.74) is 5.06. The van der Waals surface area contributed by atoms with E-state index in [1.807, 2.05) is 0 Å². The molecule has 0 aliphatic heterocycles. The summed E-state index contributed by atoms with van der Waals surface area (Å²) < 4.78 is 17.9. The Bertz CT molecular complexity index is 384. The molecule has 0 saturated carbocycles. The monoisotopic (exact) mass is 228 g/mol. The highest BCUT2D eigenvalue weighted by atomic mass is 32.1. The standard InChI is InChI=1S/C9H9FN2O2S/c10-6-3-1-2-4-7(6)14-5-8(13)12-9(11)15/h1-4H,5H2,(H3,11,12,13,15). The quantitative estimate of drug-likeness (QED) is 0.742. The molecular formula is C9H9FN2O2S. The number of nitrogens with one attached hydrogen (secondary N) is 1. The van der Waals surface area contributed by atoms with Gasteiger partial charge in [0, 0.05) is 0 Å². The lowest BCUT2D eigenvalue weighted by Crippen LogP contribution is -2.37. The van der Waals surface area contributed by atoms with Gasteiger partial charge in [-0.3, -0.25) is 4.79 Å². The summed E-state index contributed by atoms with van der Waals surface area (Å²) >= 11 is 4.44. The van der Waals surface area contributed by atoms with E-state index >= 15 is 0 Å². The molecule has 0 unspecified atom stereocenters. The van der Waals surface area contributed by atoms with Gasteiger partial charge in [0.05, 0.1) is 0 Å². The highest BCUT2D eigenvalue weighted by Gasteiger charge is 2.06. The van der Waals surface area contributed by atoms with Crippen LogP contribution in [0.1, 0.15) is 0 Å². The van der Waals surface area contributed by atoms with Crippen LogP contribution in [0, 0.1) is 5.82 Å². The number of amides is 1. The number of para-hydroxylation sites is 1. The Balaban J connectivity index is 2.47. The predicted octanol–water partition coefficient (Wildman–Crippen LogP) is 0.564. The third-order valence-corrected chi connectivity index (χ3v) is 1.56. The van der Waals surface area contributed by atoms with Crippen LogP contribution in [0.4, 0.5) is 4.39 Å². The number of ether oxygens (including phenoxy) is 1. The molecule has 0 fully saturated rings. The van der Waals surface area contributed by atoms with E-state index in [0.29, 0.717) is 0 Å². The molecule has 0 atom stereocenters. The third kappa shape index (κ3) is 3.90. The van der Waals surface area contributed by atoms with Crippen LogP contribution in [-0.2, 0) is 4.79 Å². The van der Waals surface area contributed by atoms with Crippen molar-refractivity contribution in [3.63, 3.8) is 0 Å². The minimum Gasteiger partial charge on any atom is -0.481 e. The van der Waals surface area contributed by atoms with E-state index in [-0.39, 0.29) is 17.5 Å². The Morgan fingerprint density at radius 1 is 1.53 bits per heavy atom. The number of carbonyl (C=O) groups is 1. The lowest BCUT2D eigenvalue weighted by molar-refractivity contribution is -0.121. The van der Waals surface area contributed by atoms with Gasteiger partial charge < -0.3 is 15.8 Å². The lowest BCUT2D eigenvalue weighted by Gasteiger charge is -2.06. The van der Waals surface area contributed by atoms with Gasteiger partial charge in [0.2, 0.25) is 0 Å². The summed E-state index contributed by atoms with van der Waals surface area (Å²) in [6, 6.07) is 5.78. The summed E-state index contributed by atoms with van der Waals surface area (Å²) in [6.45, 7) is -0.335. The van der Waals surface area contributed by atoms with Crippen LogP contribution in [0.2, 0.25) is 0 Å². The van der Waals surface area contributed by atoms with Gasteiger partial charge in [0.15, 0.2) is 23.3 Å². The Morgan fingerprint density at radius 3 is 2.80 bits per heavy atom. The third-order valence-electron chi connectivity index (χ3n) is 1.46. The second-order valence-corrected chi connectivity index (χ2v) is 3.07. The minimum atomic E-state index is -0.527. The summed E-state index contributed by atoms with van der Waals surface area (Å²) in [6.07, 6.45) is 0. The van der Waals surface area contributed by atoms with Gasteiger partial charge in [-0.2, -0.15) is 0 Å². The van der Waals surface area contributed by atoms with E-state index in [1.165, 1.54) is 18.2 Å². The largest absolute Gasteiger partial charge is 0.481 e. The molecular weight excluding hydrogens is 219 g/mol. The van der Waals surface area contributed by atoms with Crippen LogP contribution < -0.4 is 15.8 Å². The molecule has 0 aliphatic rings. The van der Waals surface area contributed by atoms with Gasteiger partial charge in [-0.15, -0.1) is 0 Å². The van der Waals surface area contributed by atoms with E-state index in [0.717, 1.165) is 0 Å². The van der Waals surface area contributed by atoms with E-state index in [9.17, 15) is 9.18 Å². The van der Waals surface area contributed by atoms with E-state index in [4.69, 9.17) is 10.5 Å². The van der Waals surface area contributed by atoms with Crippen LogP contribution in [0.15, 0.2) is 24.3 Å². The number of carbonyl (C=O) groups excluding carboxylic acids is 1. The van der Waals surface area contributed by atoms with E-state index < -0.39 is 11.7 Å². The highest BCUT2D eigenvalue weighted by Crippen LogP contribution is 2.14. The van der Waals surface area contributed by atoms with Gasteiger partial charge >= 0.3 is 0 Å². The topological polar surface area (TPSA) is 64.3 Å². The van der Waals surface area contributed by atoms with Crippen molar-refractivity contribution in [3.8, 4) is 5.75 Å². The number of hydrogen-bond acceptors (Lipinski definition) is 3. The summed E-state index contributed by atoms with van der Waals surface area (Å²) in [5, 5.41) is 2.01. The molecule has 3 N–H and O–H groups in total. The Kier molecular flexibility index (Phi) is 3.99. The van der Waals surface area contributed by atoms with E-state index in [1.54, 1.807) is 6.07 Å². The number of halogens is 1. The van der Waals surface area contributed by atoms with Crippen LogP contribution in [-0.4, -0.2) is 17.6 Å². The van der Waals surface area contributed by atoms with Crippen molar-refractivity contribution < 1.29 is 13.9 Å². The van der Waals surface area contributed by atoms with Crippen molar-refractivity contribution in [1.29, 1.82) is 0 Å². The maximum atomic E-state index is 13.0. The Labute approximate surface area is 91.2 Å². The summed E-state index contributed by atoms with van der Waals surface area (Å²) in [5.74, 6) is -1.04. The van der Waals surface area contributed by atoms with Crippen LogP contribution in [0.5, 0.6) is 5.75 Å². The number of thiocarbonyl (C=S) groups is 1. The molecule has 0 heterocycles. The van der Waals surface area contributed by atoms with Gasteiger partial charge in [-0.1, -0.05) is 12.1 Å². The second kappa shape index (κ2) is 5.26. The molecule has 0 aliphatic carbocycles. The maximum Gasteiger partial charge on any atom is 0.264 e. The smallest absolute Gasteiger partial charge is 0.264 e. The number of nitrogens with two attached hydrogens (primary N) is 1. The zero-order valence-corrected chi connectivity index (χ0v) is 8.51. The second-order valence-electron chi connectivity index (χ2n) is 2.63. The molecule has 0 bridgehead atoms. The normalized spacial score (nSPS) is 9.40. The molecule has 1 amide bonds. The average Bonchev–Trinajstić information content (AvgIpc) is 2.15. The van der Waals surface area contributed by atoms with Crippen LogP contribution in [0.25, 0.3) is 0 Å². The Hall–Kier alpha value is -1.69. The fraction of sp³-hybridized carbons (Fsp3) is 0.111. The highest BCUT2D eigenvalue weighted by molar-refractivity contribution is 7.80. The van der Waals surface area contributed by atoms with Crippen molar-refractivity contribution >= 4 is 23.2 Å². The molecule has 1 aromatic carbocycles. The first kappa shape index (κ1) is 11.4. The van der Waals surface area contributed by atoms with Crippen LogP contribution >= 0.6 is 12.2 Å². The van der Waals surface area contributed by atoms with Gasteiger partial charge in [0.25, 0.3) is 5.91 Å². The minimum absolute atomic E-state index is 0.00981. The summed E-state index contributed by atoms with van der Waals surface area (Å²) in [7, 11) is 0. The van der Waals surface area contributed by atoms with Crippen molar-refractivity contribution in [1.82, 2.24) is 5.32 Å². The van der Waals surface area contributed by atoms with Crippen LogP contribution in [0.3, 0.4) is 0 Å². The lowest BCUT2D eigenvalue weighted by atomic mass is 10.3. The van der Waals surface area contributed by atoms with Crippen molar-refractivity contribution in [3.05, 3.63) is 30.1 Å². The maximum absolute atomic E-state index is 13.0. The molecule has 0 spiro atoms. The zero-order chi connectivity index (χ0) is 11.3. The fourth-order valence-corrected chi connectivity index (χ4v) is 0.992. The molecule has 0 radical (unpaired) electrons. The van der Waals surface area contributed by atoms with Gasteiger partial charge in [-0.05, 0) is 24.4 Å². The molecule has 6 heteroatoms. The molecule has 4 nitrogen and oxygen atoms in total. The molecule has 0 saturated heterocycles. The molecule has 1 rings (SSSR count). The van der Waals surface area contributed by atoms with E-state index in [2.05, 4.69) is 17.5 Å². The first-order valence-corrected chi connectivity index (χ1v) is 4.47. The predicted molar refractivity (Wildman–Crippen MR) is 56.8 cm³/mol. The first-order valence-electron chi connectivity index (χ1n) is 4.06. The summed E-state index contributed by atoms with van der Waals surface area (Å²) in [4.78, 5) is 11.0. The zero-order valence-electron chi connectivity index (χ0n) is 7.70. The van der Waals surface area contributed by atoms with Crippen molar-refractivity contribution in [2.24, 2.45) is 5.73 Å². The molecule has 0 aromatic heterocycles. The fourth-order valence-electron chi connectivity index (χ4n) is 0.879. The van der Waals surface area contributed by atoms with Crippen molar-refractivity contribution in [2.75, 3.05) is 6.61 Å². The molecule has 1 aromatic rings. The van der Waals surface area contributed by atoms with Crippen molar-refractivity contribution in [2.45, 2.75) is 0 Å². The number of hydrogen-bond donors (Lipinski definition) is 2. The average molecular weight is 228 g/mol. The molecule has 15 heavy (non-hydrogen) atoms. The first-order chi connectivity index (χ1) is 7.09.